The molecular formula is C13H13ClN2OS2. The predicted molar refractivity (Wildman–Crippen MR) is 83.3 cm³/mol. The number of halogens is 1. The van der Waals surface area contributed by atoms with E-state index in [0.717, 1.165) is 10.7 Å². The summed E-state index contributed by atoms with van der Waals surface area (Å²) < 4.78 is 5.66. The number of nitrogens with zero attached hydrogens (tertiary/aromatic N) is 1. The summed E-state index contributed by atoms with van der Waals surface area (Å²) in [6.45, 7) is 4.47. The van der Waals surface area contributed by atoms with Gasteiger partial charge in [0.1, 0.15) is 22.4 Å². The molecule has 0 radical (unpaired) electrons. The Hall–Kier alpha value is -1.17. The van der Waals surface area contributed by atoms with Crippen molar-refractivity contribution in [2.45, 2.75) is 20.5 Å². The molecular weight excluding hydrogens is 300 g/mol. The number of nitrogens with two attached hydrogens (primary N) is 1. The topological polar surface area (TPSA) is 48.1 Å². The number of aromatic nitrogens is 1. The van der Waals surface area contributed by atoms with E-state index in [1.807, 2.05) is 13.8 Å². The van der Waals surface area contributed by atoms with Gasteiger partial charge < -0.3 is 10.5 Å². The fourth-order valence-electron chi connectivity index (χ4n) is 1.53. The van der Waals surface area contributed by atoms with Gasteiger partial charge in [-0.3, -0.25) is 0 Å². The second-order valence-corrected chi connectivity index (χ2v) is 6.18. The predicted octanol–water partition coefficient (Wildman–Crippen LogP) is 3.63. The molecule has 1 aromatic carbocycles. The highest BCUT2D eigenvalue weighted by Gasteiger charge is 2.07. The maximum absolute atomic E-state index is 6.07. The van der Waals surface area contributed by atoms with Crippen molar-refractivity contribution >= 4 is 40.1 Å². The zero-order valence-electron chi connectivity index (χ0n) is 10.6. The maximum atomic E-state index is 6.07. The van der Waals surface area contributed by atoms with Gasteiger partial charge in [-0.15, -0.1) is 11.3 Å². The molecule has 0 aliphatic carbocycles. The highest BCUT2D eigenvalue weighted by atomic mass is 35.5. The first-order valence-electron chi connectivity index (χ1n) is 5.62. The Labute approximate surface area is 126 Å². The maximum Gasteiger partial charge on any atom is 0.140 e. The van der Waals surface area contributed by atoms with Gasteiger partial charge in [-0.25, -0.2) is 4.98 Å². The lowest BCUT2D eigenvalue weighted by molar-refractivity contribution is 0.305. The summed E-state index contributed by atoms with van der Waals surface area (Å²) in [5.41, 5.74) is 7.25. The Balaban J connectivity index is 2.08. The van der Waals surface area contributed by atoms with Crippen molar-refractivity contribution in [1.82, 2.24) is 4.98 Å². The molecule has 0 amide bonds. The molecule has 2 aromatic rings. The summed E-state index contributed by atoms with van der Waals surface area (Å²) in [5.74, 6) is 0.676. The number of ether oxygens (including phenoxy) is 1. The van der Waals surface area contributed by atoms with Gasteiger partial charge in [-0.1, -0.05) is 23.8 Å². The Morgan fingerprint density at radius 2 is 2.21 bits per heavy atom. The van der Waals surface area contributed by atoms with Crippen LogP contribution in [0.4, 0.5) is 0 Å². The molecule has 0 fully saturated rings. The van der Waals surface area contributed by atoms with Crippen LogP contribution in [0, 0.1) is 13.8 Å². The van der Waals surface area contributed by atoms with Crippen LogP contribution in [-0.2, 0) is 6.61 Å². The van der Waals surface area contributed by atoms with Gasteiger partial charge in [-0.2, -0.15) is 0 Å². The molecule has 1 heterocycles. The fourth-order valence-corrected chi connectivity index (χ4v) is 2.88. The smallest absolute Gasteiger partial charge is 0.140 e. The molecule has 0 aliphatic rings. The summed E-state index contributed by atoms with van der Waals surface area (Å²) in [7, 11) is 0. The van der Waals surface area contributed by atoms with Crippen molar-refractivity contribution in [3.63, 3.8) is 0 Å². The summed E-state index contributed by atoms with van der Waals surface area (Å²) in [6.07, 6.45) is 0. The van der Waals surface area contributed by atoms with Crippen molar-refractivity contribution in [3.05, 3.63) is 44.4 Å². The molecule has 0 spiro atoms. The first-order chi connectivity index (χ1) is 8.97. The molecule has 2 N–H and O–H groups in total. The van der Waals surface area contributed by atoms with Crippen LogP contribution in [0.3, 0.4) is 0 Å². The number of thiazole rings is 1. The average molecular weight is 313 g/mol. The third-order valence-corrected chi connectivity index (χ3v) is 4.22. The lowest BCUT2D eigenvalue weighted by Crippen LogP contribution is -2.09. The second-order valence-electron chi connectivity index (χ2n) is 4.04. The van der Waals surface area contributed by atoms with E-state index in [0.29, 0.717) is 22.9 Å². The standard InChI is InChI=1S/C13H13ClN2OS2/c1-7-8(2)19-12(16-7)6-17-9-3-4-10(13(15)18)11(14)5-9/h3-5H,6H2,1-2H3,(H2,15,18). The molecule has 0 atom stereocenters. The highest BCUT2D eigenvalue weighted by Crippen LogP contribution is 2.24. The molecule has 3 nitrogen and oxygen atoms in total. The summed E-state index contributed by atoms with van der Waals surface area (Å²) >= 11 is 12.6. The number of thiocarbonyl (C=S) groups is 1. The molecule has 0 aliphatic heterocycles. The van der Waals surface area contributed by atoms with E-state index in [1.54, 1.807) is 29.5 Å². The minimum atomic E-state index is 0.280. The van der Waals surface area contributed by atoms with Gasteiger partial charge in [-0.05, 0) is 32.0 Å². The van der Waals surface area contributed by atoms with Crippen LogP contribution < -0.4 is 10.5 Å². The number of benzene rings is 1. The quantitative estimate of drug-likeness (QED) is 0.876. The fraction of sp³-hybridized carbons (Fsp3) is 0.231. The summed E-state index contributed by atoms with van der Waals surface area (Å²) in [6, 6.07) is 5.27. The van der Waals surface area contributed by atoms with E-state index in [9.17, 15) is 0 Å². The summed E-state index contributed by atoms with van der Waals surface area (Å²) in [5, 5.41) is 1.45. The van der Waals surface area contributed by atoms with Gasteiger partial charge in [0, 0.05) is 10.4 Å². The van der Waals surface area contributed by atoms with E-state index in [-0.39, 0.29) is 4.99 Å². The largest absolute Gasteiger partial charge is 0.486 e. The molecule has 19 heavy (non-hydrogen) atoms. The molecule has 1 aromatic heterocycles. The number of rotatable bonds is 4. The van der Waals surface area contributed by atoms with Crippen LogP contribution in [0.5, 0.6) is 5.75 Å². The van der Waals surface area contributed by atoms with Crippen molar-refractivity contribution in [2.75, 3.05) is 0 Å². The van der Waals surface area contributed by atoms with Gasteiger partial charge in [0.15, 0.2) is 0 Å². The number of hydrogen-bond donors (Lipinski definition) is 1. The summed E-state index contributed by atoms with van der Waals surface area (Å²) in [4.78, 5) is 5.90. The molecule has 0 bridgehead atoms. The molecule has 0 saturated carbocycles. The molecule has 6 heteroatoms. The van der Waals surface area contributed by atoms with Gasteiger partial charge in [0.05, 0.1) is 10.7 Å². The van der Waals surface area contributed by atoms with E-state index < -0.39 is 0 Å². The highest BCUT2D eigenvalue weighted by molar-refractivity contribution is 7.80. The van der Waals surface area contributed by atoms with Crippen LogP contribution in [0.25, 0.3) is 0 Å². The molecule has 0 unspecified atom stereocenters. The van der Waals surface area contributed by atoms with Crippen molar-refractivity contribution in [1.29, 1.82) is 0 Å². The minimum absolute atomic E-state index is 0.280. The minimum Gasteiger partial charge on any atom is -0.486 e. The number of aryl methyl sites for hydroxylation is 2. The third kappa shape index (κ3) is 3.43. The monoisotopic (exact) mass is 312 g/mol. The van der Waals surface area contributed by atoms with E-state index in [2.05, 4.69) is 4.98 Å². The average Bonchev–Trinajstić information content (AvgIpc) is 2.66. The lowest BCUT2D eigenvalue weighted by atomic mass is 10.2. The van der Waals surface area contributed by atoms with E-state index >= 15 is 0 Å². The van der Waals surface area contributed by atoms with Crippen molar-refractivity contribution < 1.29 is 4.74 Å². The first kappa shape index (κ1) is 14.2. The van der Waals surface area contributed by atoms with Gasteiger partial charge >= 0.3 is 0 Å². The van der Waals surface area contributed by atoms with Gasteiger partial charge in [0.25, 0.3) is 0 Å². The zero-order chi connectivity index (χ0) is 14.0. The van der Waals surface area contributed by atoms with Crippen molar-refractivity contribution in [3.8, 4) is 5.75 Å². The first-order valence-corrected chi connectivity index (χ1v) is 7.22. The lowest BCUT2D eigenvalue weighted by Gasteiger charge is -2.07. The van der Waals surface area contributed by atoms with Crippen molar-refractivity contribution in [2.24, 2.45) is 5.73 Å². The van der Waals surface area contributed by atoms with Crippen LogP contribution >= 0.6 is 35.2 Å². The van der Waals surface area contributed by atoms with Crippen LogP contribution in [-0.4, -0.2) is 9.97 Å². The second kappa shape index (κ2) is 5.86. The van der Waals surface area contributed by atoms with E-state index in [4.69, 9.17) is 34.3 Å². The normalized spacial score (nSPS) is 10.5. The Kier molecular flexibility index (Phi) is 4.39. The molecule has 100 valence electrons. The Bertz CT molecular complexity index is 606. The molecule has 0 saturated heterocycles. The Morgan fingerprint density at radius 3 is 2.74 bits per heavy atom. The van der Waals surface area contributed by atoms with Crippen LogP contribution in [0.2, 0.25) is 5.02 Å². The Morgan fingerprint density at radius 1 is 1.47 bits per heavy atom. The van der Waals surface area contributed by atoms with Crippen LogP contribution in [0.15, 0.2) is 18.2 Å². The molecule has 2 rings (SSSR count). The zero-order valence-corrected chi connectivity index (χ0v) is 13.0. The van der Waals surface area contributed by atoms with E-state index in [1.165, 1.54) is 4.88 Å². The SMILES string of the molecule is Cc1nc(COc2ccc(C(N)=S)c(Cl)c2)sc1C. The third-order valence-electron chi connectivity index (χ3n) is 2.64. The van der Waals surface area contributed by atoms with Crippen LogP contribution in [0.1, 0.15) is 21.1 Å². The number of hydrogen-bond acceptors (Lipinski definition) is 4. The van der Waals surface area contributed by atoms with Gasteiger partial charge in [0.2, 0.25) is 0 Å².